The molecule has 0 unspecified atom stereocenters. The number of carbonyl (C=O) groups is 1. The van der Waals surface area contributed by atoms with Gasteiger partial charge in [-0.1, -0.05) is 23.4 Å². The number of halogens is 2. The van der Waals surface area contributed by atoms with Crippen LogP contribution in [0.3, 0.4) is 0 Å². The van der Waals surface area contributed by atoms with Crippen LogP contribution in [0.4, 0.5) is 20.3 Å². The Morgan fingerprint density at radius 1 is 1.24 bits per heavy atom. The molecular weight excluding hydrogens is 328 g/mol. The summed E-state index contributed by atoms with van der Waals surface area (Å²) in [4.78, 5) is 12.3. The number of rotatable bonds is 4. The number of nitrogens with two attached hydrogens (primary N) is 1. The molecule has 8 heteroatoms. The Morgan fingerprint density at radius 2 is 2.04 bits per heavy atom. The zero-order valence-corrected chi connectivity index (χ0v) is 13.3. The van der Waals surface area contributed by atoms with Crippen LogP contribution in [-0.4, -0.2) is 20.9 Å². The molecule has 25 heavy (non-hydrogen) atoms. The molecule has 1 amide bonds. The van der Waals surface area contributed by atoms with Crippen molar-refractivity contribution in [3.63, 3.8) is 0 Å². The fourth-order valence-electron chi connectivity index (χ4n) is 2.27. The van der Waals surface area contributed by atoms with E-state index < -0.39 is 11.7 Å². The number of carbonyl (C=O) groups excluding carboxylic acids is 1. The summed E-state index contributed by atoms with van der Waals surface area (Å²) in [5.74, 6) is -1.38. The zero-order chi connectivity index (χ0) is 18.0. The van der Waals surface area contributed by atoms with Crippen LogP contribution in [-0.2, 0) is 6.54 Å². The summed E-state index contributed by atoms with van der Waals surface area (Å²) >= 11 is 0. The van der Waals surface area contributed by atoms with Crippen molar-refractivity contribution in [2.24, 2.45) is 0 Å². The van der Waals surface area contributed by atoms with E-state index in [9.17, 15) is 13.6 Å². The summed E-state index contributed by atoms with van der Waals surface area (Å²) in [6.45, 7) is 1.79. The fourth-order valence-corrected chi connectivity index (χ4v) is 2.27. The van der Waals surface area contributed by atoms with Crippen LogP contribution in [0.5, 0.6) is 0 Å². The molecule has 0 aliphatic heterocycles. The highest BCUT2D eigenvalue weighted by Gasteiger charge is 2.18. The van der Waals surface area contributed by atoms with Gasteiger partial charge < -0.3 is 11.1 Å². The second kappa shape index (κ2) is 6.68. The minimum atomic E-state index is -0.605. The molecule has 0 atom stereocenters. The van der Waals surface area contributed by atoms with Crippen LogP contribution in [0.2, 0.25) is 0 Å². The predicted molar refractivity (Wildman–Crippen MR) is 89.0 cm³/mol. The fraction of sp³-hybridized carbons (Fsp3) is 0.118. The van der Waals surface area contributed by atoms with Gasteiger partial charge in [0.1, 0.15) is 11.6 Å². The summed E-state index contributed by atoms with van der Waals surface area (Å²) in [5.41, 5.74) is 7.21. The number of benzene rings is 2. The van der Waals surface area contributed by atoms with Crippen molar-refractivity contribution in [1.82, 2.24) is 15.0 Å². The van der Waals surface area contributed by atoms with Crippen molar-refractivity contribution in [1.29, 1.82) is 0 Å². The van der Waals surface area contributed by atoms with E-state index in [2.05, 4.69) is 15.6 Å². The quantitative estimate of drug-likeness (QED) is 0.763. The Labute approximate surface area is 142 Å². The molecule has 0 spiro atoms. The third-order valence-corrected chi connectivity index (χ3v) is 3.64. The largest absolute Gasteiger partial charge is 0.382 e. The van der Waals surface area contributed by atoms with Gasteiger partial charge in [0.2, 0.25) is 0 Å². The number of nitrogens with zero attached hydrogens (tertiary/aromatic N) is 3. The van der Waals surface area contributed by atoms with E-state index in [0.717, 1.165) is 0 Å². The van der Waals surface area contributed by atoms with Crippen molar-refractivity contribution in [3.05, 3.63) is 70.9 Å². The molecule has 3 N–H and O–H groups in total. The van der Waals surface area contributed by atoms with Crippen molar-refractivity contribution < 1.29 is 13.6 Å². The molecular formula is C17H15F2N5O. The molecule has 0 bridgehead atoms. The summed E-state index contributed by atoms with van der Waals surface area (Å²) < 4.78 is 28.1. The predicted octanol–water partition coefficient (Wildman–Crippen LogP) is 2.75. The van der Waals surface area contributed by atoms with Gasteiger partial charge >= 0.3 is 0 Å². The maximum atomic E-state index is 13.6. The molecule has 0 aliphatic rings. The van der Waals surface area contributed by atoms with E-state index in [1.165, 1.54) is 22.9 Å². The van der Waals surface area contributed by atoms with Gasteiger partial charge in [0.25, 0.3) is 5.91 Å². The second-order valence-corrected chi connectivity index (χ2v) is 5.53. The van der Waals surface area contributed by atoms with Crippen molar-refractivity contribution in [3.8, 4) is 0 Å². The first-order chi connectivity index (χ1) is 11.9. The molecule has 1 aromatic heterocycles. The first kappa shape index (κ1) is 16.6. The number of hydrogen-bond donors (Lipinski definition) is 2. The van der Waals surface area contributed by atoms with Gasteiger partial charge in [0.15, 0.2) is 11.5 Å². The first-order valence-electron chi connectivity index (χ1n) is 7.45. The van der Waals surface area contributed by atoms with Crippen molar-refractivity contribution >= 4 is 17.4 Å². The summed E-state index contributed by atoms with van der Waals surface area (Å²) in [5, 5.41) is 10.1. The van der Waals surface area contributed by atoms with Crippen LogP contribution in [0.25, 0.3) is 0 Å². The standard InChI is InChI=1S/C17H15F2N5O/c1-10-5-6-13(8-14(10)19)21-17(25)15-16(20)24(23-22-15)9-11-3-2-4-12(18)7-11/h2-8H,9,20H2,1H3,(H,21,25). The monoisotopic (exact) mass is 343 g/mol. The highest BCUT2D eigenvalue weighted by molar-refractivity contribution is 6.05. The molecule has 0 saturated heterocycles. The normalized spacial score (nSPS) is 10.7. The van der Waals surface area contributed by atoms with E-state index in [0.29, 0.717) is 11.1 Å². The summed E-state index contributed by atoms with van der Waals surface area (Å²) in [7, 11) is 0. The van der Waals surface area contributed by atoms with Crippen molar-refractivity contribution in [2.45, 2.75) is 13.5 Å². The molecule has 0 fully saturated rings. The van der Waals surface area contributed by atoms with Crippen LogP contribution in [0, 0.1) is 18.6 Å². The lowest BCUT2D eigenvalue weighted by Crippen LogP contribution is -2.15. The van der Waals surface area contributed by atoms with Crippen LogP contribution in [0.15, 0.2) is 42.5 Å². The number of nitrogen functional groups attached to an aromatic ring is 1. The molecule has 6 nitrogen and oxygen atoms in total. The SMILES string of the molecule is Cc1ccc(NC(=O)c2nnn(Cc3cccc(F)c3)c2N)cc1F. The van der Waals surface area contributed by atoms with Gasteiger partial charge in [-0.3, -0.25) is 4.79 Å². The number of hydrogen-bond acceptors (Lipinski definition) is 4. The minimum absolute atomic E-state index is 0.0364. The molecule has 1 heterocycles. The lowest BCUT2D eigenvalue weighted by molar-refractivity contribution is 0.102. The van der Waals surface area contributed by atoms with Crippen LogP contribution >= 0.6 is 0 Å². The van der Waals surface area contributed by atoms with Gasteiger partial charge in [-0.25, -0.2) is 13.5 Å². The summed E-state index contributed by atoms with van der Waals surface area (Å²) in [6, 6.07) is 10.3. The molecule has 0 radical (unpaired) electrons. The Hall–Kier alpha value is -3.29. The molecule has 2 aromatic carbocycles. The Bertz CT molecular complexity index is 939. The third kappa shape index (κ3) is 3.63. The van der Waals surface area contributed by atoms with Crippen molar-refractivity contribution in [2.75, 3.05) is 11.1 Å². The van der Waals surface area contributed by atoms with E-state index in [-0.39, 0.29) is 29.6 Å². The smallest absolute Gasteiger partial charge is 0.280 e. The zero-order valence-electron chi connectivity index (χ0n) is 13.3. The van der Waals surface area contributed by atoms with E-state index >= 15 is 0 Å². The number of aryl methyl sites for hydroxylation is 1. The van der Waals surface area contributed by atoms with Gasteiger partial charge in [-0.15, -0.1) is 5.10 Å². The Morgan fingerprint density at radius 3 is 2.76 bits per heavy atom. The molecule has 128 valence electrons. The number of anilines is 2. The minimum Gasteiger partial charge on any atom is -0.382 e. The topological polar surface area (TPSA) is 85.8 Å². The summed E-state index contributed by atoms with van der Waals surface area (Å²) in [6.07, 6.45) is 0. The van der Waals surface area contributed by atoms with Gasteiger partial charge in [0, 0.05) is 5.69 Å². The van der Waals surface area contributed by atoms with E-state index in [1.807, 2.05) is 0 Å². The van der Waals surface area contributed by atoms with Crippen LogP contribution in [0.1, 0.15) is 21.6 Å². The maximum absolute atomic E-state index is 13.6. The first-order valence-corrected chi connectivity index (χ1v) is 7.45. The second-order valence-electron chi connectivity index (χ2n) is 5.53. The highest BCUT2D eigenvalue weighted by atomic mass is 19.1. The van der Waals surface area contributed by atoms with E-state index in [4.69, 9.17) is 5.73 Å². The molecule has 3 rings (SSSR count). The van der Waals surface area contributed by atoms with E-state index in [1.54, 1.807) is 31.2 Å². The molecule has 3 aromatic rings. The number of nitrogens with one attached hydrogen (secondary N) is 1. The average Bonchev–Trinajstić information content (AvgIpc) is 2.92. The lowest BCUT2D eigenvalue weighted by Gasteiger charge is -2.06. The molecule has 0 saturated carbocycles. The Balaban J connectivity index is 1.77. The maximum Gasteiger partial charge on any atom is 0.280 e. The number of amides is 1. The Kier molecular flexibility index (Phi) is 4.42. The van der Waals surface area contributed by atoms with Gasteiger partial charge in [0.05, 0.1) is 6.54 Å². The lowest BCUT2D eigenvalue weighted by atomic mass is 10.2. The average molecular weight is 343 g/mol. The highest BCUT2D eigenvalue weighted by Crippen LogP contribution is 2.17. The van der Waals surface area contributed by atoms with Gasteiger partial charge in [-0.05, 0) is 42.3 Å². The molecule has 0 aliphatic carbocycles. The van der Waals surface area contributed by atoms with Gasteiger partial charge in [-0.2, -0.15) is 0 Å². The third-order valence-electron chi connectivity index (χ3n) is 3.64. The van der Waals surface area contributed by atoms with Crippen LogP contribution < -0.4 is 11.1 Å². The number of aromatic nitrogens is 3.